The number of benzene rings is 1. The average Bonchev–Trinajstić information content (AvgIpc) is 3.14. The molecule has 34 heavy (non-hydrogen) atoms. The van der Waals surface area contributed by atoms with Gasteiger partial charge in [0.05, 0.1) is 16.5 Å². The van der Waals surface area contributed by atoms with Crippen LogP contribution in [0.25, 0.3) is 10.9 Å². The molecule has 0 saturated carbocycles. The van der Waals surface area contributed by atoms with Crippen LogP contribution in [0.1, 0.15) is 39.5 Å². The van der Waals surface area contributed by atoms with Gasteiger partial charge in [-0.15, -0.1) is 24.0 Å². The van der Waals surface area contributed by atoms with Crippen molar-refractivity contribution >= 4 is 69.8 Å². The third kappa shape index (κ3) is 11.0. The van der Waals surface area contributed by atoms with E-state index in [0.29, 0.717) is 27.1 Å². The van der Waals surface area contributed by atoms with Crippen LogP contribution in [0, 0.1) is 5.92 Å². The van der Waals surface area contributed by atoms with Gasteiger partial charge in [0.1, 0.15) is 10.2 Å². The van der Waals surface area contributed by atoms with Crippen LogP contribution in [0.5, 0.6) is 0 Å². The number of aromatic nitrogens is 2. The van der Waals surface area contributed by atoms with Gasteiger partial charge in [-0.25, -0.2) is 4.98 Å². The molecule has 0 aliphatic heterocycles. The first-order valence-electron chi connectivity index (χ1n) is 11.4. The Morgan fingerprint density at radius 1 is 1.09 bits per heavy atom. The van der Waals surface area contributed by atoms with Gasteiger partial charge in [-0.1, -0.05) is 62.0 Å². The predicted octanol–water partition coefficient (Wildman–Crippen LogP) is 7.23. The molecular formula is C24H37Cl2N5OS2. The SMILES string of the molecule is CCCC(CCC)CNc1nc(NCCOC)c2ccccc2n1.CN.Sc1cc(Cl)sc1Cl. The highest BCUT2D eigenvalue weighted by Gasteiger charge is 2.10. The van der Waals surface area contributed by atoms with Gasteiger partial charge in [-0.3, -0.25) is 0 Å². The minimum Gasteiger partial charge on any atom is -0.383 e. The van der Waals surface area contributed by atoms with Gasteiger partial charge in [0, 0.05) is 30.5 Å². The van der Waals surface area contributed by atoms with Gasteiger partial charge in [0.25, 0.3) is 0 Å². The largest absolute Gasteiger partial charge is 0.383 e. The van der Waals surface area contributed by atoms with E-state index in [0.717, 1.165) is 34.7 Å². The molecule has 4 N–H and O–H groups in total. The number of para-hydroxylation sites is 1. The van der Waals surface area contributed by atoms with Crippen molar-refractivity contribution in [3.05, 3.63) is 39.0 Å². The fourth-order valence-electron chi connectivity index (χ4n) is 3.29. The number of hydrogen-bond acceptors (Lipinski definition) is 8. The Bertz CT molecular complexity index is 933. The van der Waals surface area contributed by atoms with Gasteiger partial charge < -0.3 is 21.1 Å². The van der Waals surface area contributed by atoms with E-state index in [1.165, 1.54) is 44.1 Å². The van der Waals surface area contributed by atoms with Gasteiger partial charge >= 0.3 is 0 Å². The number of nitrogens with one attached hydrogen (secondary N) is 2. The molecule has 0 radical (unpaired) electrons. The summed E-state index contributed by atoms with van der Waals surface area (Å²) in [5.74, 6) is 2.24. The van der Waals surface area contributed by atoms with Gasteiger partial charge in [-0.2, -0.15) is 4.98 Å². The summed E-state index contributed by atoms with van der Waals surface area (Å²) < 4.78 is 6.45. The van der Waals surface area contributed by atoms with Crippen LogP contribution in [-0.2, 0) is 4.74 Å². The summed E-state index contributed by atoms with van der Waals surface area (Å²) in [7, 11) is 3.20. The van der Waals surface area contributed by atoms with Crippen LogP contribution in [0.15, 0.2) is 35.2 Å². The molecule has 3 rings (SSSR count). The van der Waals surface area contributed by atoms with Gasteiger partial charge in [0.15, 0.2) is 0 Å². The van der Waals surface area contributed by atoms with Crippen molar-refractivity contribution in [2.45, 2.75) is 44.4 Å². The lowest BCUT2D eigenvalue weighted by molar-refractivity contribution is 0.210. The minimum absolute atomic E-state index is 0.649. The number of halogens is 2. The highest BCUT2D eigenvalue weighted by Crippen LogP contribution is 2.33. The highest BCUT2D eigenvalue weighted by atomic mass is 35.5. The first kappa shape index (κ1) is 30.7. The lowest BCUT2D eigenvalue weighted by Gasteiger charge is -2.17. The number of nitrogens with two attached hydrogens (primary N) is 1. The summed E-state index contributed by atoms with van der Waals surface area (Å²) in [5.41, 5.74) is 5.46. The molecule has 10 heteroatoms. The number of ether oxygens (including phenoxy) is 1. The molecule has 0 atom stereocenters. The first-order chi connectivity index (χ1) is 16.5. The maximum Gasteiger partial charge on any atom is 0.225 e. The molecule has 0 aliphatic carbocycles. The van der Waals surface area contributed by atoms with E-state index in [-0.39, 0.29) is 0 Å². The van der Waals surface area contributed by atoms with Crippen LogP contribution in [-0.4, -0.2) is 43.8 Å². The van der Waals surface area contributed by atoms with E-state index in [1.807, 2.05) is 24.3 Å². The highest BCUT2D eigenvalue weighted by molar-refractivity contribution is 7.80. The van der Waals surface area contributed by atoms with Crippen molar-refractivity contribution < 1.29 is 4.74 Å². The number of nitrogens with zero attached hydrogens (tertiary/aromatic N) is 2. The van der Waals surface area contributed by atoms with Crippen molar-refractivity contribution in [2.75, 3.05) is 44.5 Å². The summed E-state index contributed by atoms with van der Waals surface area (Å²) in [5, 5.41) is 7.83. The number of thiophene rings is 1. The zero-order valence-corrected chi connectivity index (χ0v) is 23.6. The lowest BCUT2D eigenvalue weighted by Crippen LogP contribution is -2.17. The second kappa shape index (κ2) is 18.0. The first-order valence-corrected chi connectivity index (χ1v) is 13.4. The molecule has 2 heterocycles. The number of thiol groups is 1. The Hall–Kier alpha value is -1.29. The number of anilines is 2. The Morgan fingerprint density at radius 3 is 2.29 bits per heavy atom. The van der Waals surface area contributed by atoms with Crippen molar-refractivity contribution in [1.82, 2.24) is 9.97 Å². The van der Waals surface area contributed by atoms with E-state index in [2.05, 4.69) is 52.8 Å². The third-order valence-electron chi connectivity index (χ3n) is 4.78. The molecule has 0 amide bonds. The molecule has 1 aromatic carbocycles. The topological polar surface area (TPSA) is 85.1 Å². The van der Waals surface area contributed by atoms with Gasteiger partial charge in [-0.05, 0) is 44.0 Å². The number of fused-ring (bicyclic) bond motifs is 1. The number of rotatable bonds is 11. The molecule has 6 nitrogen and oxygen atoms in total. The maximum atomic E-state index is 5.59. The Labute approximate surface area is 223 Å². The molecule has 0 bridgehead atoms. The van der Waals surface area contributed by atoms with Crippen LogP contribution in [0.2, 0.25) is 8.67 Å². The Morgan fingerprint density at radius 2 is 1.76 bits per heavy atom. The minimum atomic E-state index is 0.649. The maximum absolute atomic E-state index is 5.59. The van der Waals surface area contributed by atoms with Crippen molar-refractivity contribution in [3.63, 3.8) is 0 Å². The molecule has 0 unspecified atom stereocenters. The van der Waals surface area contributed by atoms with E-state index in [4.69, 9.17) is 27.9 Å². The molecule has 0 spiro atoms. The van der Waals surface area contributed by atoms with Crippen molar-refractivity contribution in [2.24, 2.45) is 11.7 Å². The van der Waals surface area contributed by atoms with Crippen molar-refractivity contribution in [1.29, 1.82) is 0 Å². The van der Waals surface area contributed by atoms with E-state index >= 15 is 0 Å². The summed E-state index contributed by atoms with van der Waals surface area (Å²) in [6.07, 6.45) is 4.92. The fourth-order valence-corrected chi connectivity index (χ4v) is 5.00. The van der Waals surface area contributed by atoms with Crippen LogP contribution < -0.4 is 16.4 Å². The molecule has 0 fully saturated rings. The van der Waals surface area contributed by atoms with E-state index in [1.54, 1.807) is 13.2 Å². The zero-order valence-electron chi connectivity index (χ0n) is 20.4. The zero-order chi connectivity index (χ0) is 25.3. The normalized spacial score (nSPS) is 10.4. The second-order valence-electron chi connectivity index (χ2n) is 7.37. The monoisotopic (exact) mass is 545 g/mol. The van der Waals surface area contributed by atoms with Crippen LogP contribution in [0.4, 0.5) is 11.8 Å². The summed E-state index contributed by atoms with van der Waals surface area (Å²) in [4.78, 5) is 10.1. The van der Waals surface area contributed by atoms with Crippen molar-refractivity contribution in [3.8, 4) is 0 Å². The average molecular weight is 547 g/mol. The number of hydrogen-bond donors (Lipinski definition) is 4. The summed E-state index contributed by atoms with van der Waals surface area (Å²) in [6.45, 7) is 6.79. The Balaban J connectivity index is 0.000000483. The smallest absolute Gasteiger partial charge is 0.225 e. The van der Waals surface area contributed by atoms with Crippen LogP contribution in [0.3, 0.4) is 0 Å². The standard InChI is InChI=1S/C19H30N4O.C4H2Cl2S2.CH5N/c1-4-8-15(9-5-2)14-21-19-22-17-11-7-6-10-16(17)18(23-19)20-12-13-24-3;5-3-1-2(7)4(6)8-3;1-2/h6-7,10-11,15H,4-5,8-9,12-14H2,1-3H3,(H2,20,21,22,23);1,7H;2H2,1H3. The quantitative estimate of drug-likeness (QED) is 0.150. The van der Waals surface area contributed by atoms with Gasteiger partial charge in [0.2, 0.25) is 5.95 Å². The molecule has 190 valence electrons. The molecule has 0 aliphatic rings. The summed E-state index contributed by atoms with van der Waals surface area (Å²) >= 11 is 16.5. The van der Waals surface area contributed by atoms with E-state index in [9.17, 15) is 0 Å². The molecule has 2 aromatic heterocycles. The molecule has 0 saturated heterocycles. The fraction of sp³-hybridized carbons (Fsp3) is 0.500. The molecular weight excluding hydrogens is 509 g/mol. The summed E-state index contributed by atoms with van der Waals surface area (Å²) in [6, 6.07) is 9.82. The Kier molecular flexibility index (Phi) is 16.3. The second-order valence-corrected chi connectivity index (χ2v) is 10.1. The van der Waals surface area contributed by atoms with E-state index < -0.39 is 0 Å². The predicted molar refractivity (Wildman–Crippen MR) is 153 cm³/mol. The third-order valence-corrected chi connectivity index (χ3v) is 6.91. The van der Waals surface area contributed by atoms with Crippen LogP contribution >= 0.6 is 47.2 Å². The molecule has 3 aromatic rings. The number of methoxy groups -OCH3 is 1. The lowest BCUT2D eigenvalue weighted by atomic mass is 9.98.